The molecule has 0 bridgehead atoms. The van der Waals surface area contributed by atoms with Crippen molar-refractivity contribution in [2.24, 2.45) is 5.92 Å². The Morgan fingerprint density at radius 3 is 2.40 bits per heavy atom. The first-order chi connectivity index (χ1) is 19.1. The summed E-state index contributed by atoms with van der Waals surface area (Å²) in [5.74, 6) is -0.676. The molecule has 1 aromatic heterocycles. The van der Waals surface area contributed by atoms with Gasteiger partial charge in [-0.3, -0.25) is 4.79 Å². The van der Waals surface area contributed by atoms with E-state index in [0.717, 1.165) is 6.07 Å². The van der Waals surface area contributed by atoms with Crippen molar-refractivity contribution in [2.45, 2.75) is 44.4 Å². The van der Waals surface area contributed by atoms with Crippen molar-refractivity contribution in [2.75, 3.05) is 24.8 Å². The van der Waals surface area contributed by atoms with Gasteiger partial charge >= 0.3 is 12.1 Å². The van der Waals surface area contributed by atoms with E-state index in [9.17, 15) is 27.9 Å². The zero-order valence-corrected chi connectivity index (χ0v) is 21.9. The topological polar surface area (TPSA) is 138 Å². The van der Waals surface area contributed by atoms with E-state index in [1.807, 2.05) is 0 Å². The van der Waals surface area contributed by atoms with Gasteiger partial charge in [0.1, 0.15) is 5.75 Å². The van der Waals surface area contributed by atoms with E-state index in [1.165, 1.54) is 31.4 Å². The normalized spacial score (nSPS) is 17.1. The van der Waals surface area contributed by atoms with E-state index in [0.29, 0.717) is 49.0 Å². The van der Waals surface area contributed by atoms with Crippen LogP contribution < -0.4 is 20.7 Å². The van der Waals surface area contributed by atoms with Crippen LogP contribution in [0.3, 0.4) is 0 Å². The number of carbonyl (C=O) groups excluding carboxylic acids is 1. The molecule has 1 fully saturated rings. The van der Waals surface area contributed by atoms with Crippen LogP contribution in [0.5, 0.6) is 5.75 Å². The number of nitrogens with one attached hydrogen (secondary N) is 3. The molecule has 0 saturated heterocycles. The molecule has 1 saturated carbocycles. The van der Waals surface area contributed by atoms with Gasteiger partial charge in [0.25, 0.3) is 0 Å². The Morgan fingerprint density at radius 2 is 1.75 bits per heavy atom. The molecule has 1 aliphatic carbocycles. The van der Waals surface area contributed by atoms with Crippen LogP contribution in [-0.4, -0.2) is 52.1 Å². The van der Waals surface area contributed by atoms with Crippen LogP contribution in [-0.2, 0) is 17.5 Å². The Kier molecular flexibility index (Phi) is 8.70. The molecule has 0 unspecified atom stereocenters. The number of nitrogens with zero attached hydrogens (tertiary/aromatic N) is 3. The number of benzene rings is 2. The SMILES string of the molecule is CNc1nc(N[C@H]2CC[C@@H](C(=O)NCc3ccc(OC)cc3C(F)(F)F)CC2)nc(-c2cccc(C(=O)O)c2)n1. The van der Waals surface area contributed by atoms with Crippen LogP contribution in [0, 0.1) is 5.92 Å². The maximum Gasteiger partial charge on any atom is 0.416 e. The lowest BCUT2D eigenvalue weighted by atomic mass is 9.85. The lowest BCUT2D eigenvalue weighted by molar-refractivity contribution is -0.138. The predicted molar refractivity (Wildman–Crippen MR) is 141 cm³/mol. The first-order valence-electron chi connectivity index (χ1n) is 12.6. The van der Waals surface area contributed by atoms with Crippen molar-refractivity contribution >= 4 is 23.8 Å². The van der Waals surface area contributed by atoms with Crippen molar-refractivity contribution < 1.29 is 32.6 Å². The summed E-state index contributed by atoms with van der Waals surface area (Å²) >= 11 is 0. The molecule has 0 atom stereocenters. The third-order valence-electron chi connectivity index (χ3n) is 6.73. The van der Waals surface area contributed by atoms with E-state index in [-0.39, 0.29) is 41.3 Å². The minimum Gasteiger partial charge on any atom is -0.497 e. The molecule has 1 amide bonds. The number of hydrogen-bond acceptors (Lipinski definition) is 8. The number of hydrogen-bond donors (Lipinski definition) is 4. The van der Waals surface area contributed by atoms with Gasteiger partial charge < -0.3 is 25.8 Å². The third-order valence-corrected chi connectivity index (χ3v) is 6.73. The number of carboxylic acid groups (broad SMARTS) is 1. The number of carbonyl (C=O) groups is 2. The Balaban J connectivity index is 1.36. The van der Waals surface area contributed by atoms with Crippen LogP contribution in [0.15, 0.2) is 42.5 Å². The average Bonchev–Trinajstić information content (AvgIpc) is 2.95. The van der Waals surface area contributed by atoms with E-state index < -0.39 is 17.7 Å². The minimum atomic E-state index is -4.57. The number of carboxylic acids is 1. The molecule has 0 radical (unpaired) electrons. The number of alkyl halides is 3. The third kappa shape index (κ3) is 6.96. The Morgan fingerprint density at radius 1 is 1.02 bits per heavy atom. The quantitative estimate of drug-likeness (QED) is 0.297. The highest BCUT2D eigenvalue weighted by molar-refractivity contribution is 5.89. The molecule has 0 aliphatic heterocycles. The van der Waals surface area contributed by atoms with E-state index >= 15 is 0 Å². The van der Waals surface area contributed by atoms with Gasteiger partial charge in [-0.05, 0) is 55.5 Å². The number of halogens is 3. The average molecular weight is 559 g/mol. The highest BCUT2D eigenvalue weighted by Crippen LogP contribution is 2.34. The van der Waals surface area contributed by atoms with Crippen molar-refractivity contribution in [3.63, 3.8) is 0 Å². The number of amides is 1. The molecule has 3 aromatic rings. The first kappa shape index (κ1) is 28.6. The summed E-state index contributed by atoms with van der Waals surface area (Å²) < 4.78 is 45.3. The lowest BCUT2D eigenvalue weighted by Gasteiger charge is -2.28. The van der Waals surface area contributed by atoms with Crippen LogP contribution in [0.1, 0.15) is 47.2 Å². The Hall–Kier alpha value is -4.42. The van der Waals surface area contributed by atoms with Crippen LogP contribution in [0.2, 0.25) is 0 Å². The van der Waals surface area contributed by atoms with E-state index in [4.69, 9.17) is 4.74 Å². The fourth-order valence-corrected chi connectivity index (χ4v) is 4.58. The number of aromatic carboxylic acids is 1. The molecule has 4 N–H and O–H groups in total. The van der Waals surface area contributed by atoms with Crippen LogP contribution >= 0.6 is 0 Å². The van der Waals surface area contributed by atoms with Crippen molar-refractivity contribution in [3.05, 3.63) is 59.2 Å². The molecule has 40 heavy (non-hydrogen) atoms. The Labute approximate surface area is 228 Å². The van der Waals surface area contributed by atoms with Crippen LogP contribution in [0.4, 0.5) is 25.1 Å². The standard InChI is InChI=1S/C27H29F3N6O4/c1-31-25-34-22(16-4-3-5-17(12-16)24(38)39)35-26(36-25)33-19-9-6-15(7-10-19)23(37)32-14-18-8-11-20(40-2)13-21(18)27(28,29)30/h3-5,8,11-13,15,19H,6-7,9-10,14H2,1-2H3,(H,32,37)(H,38,39)(H2,31,33,34,35,36)/t15-,19+. The molecule has 13 heteroatoms. The van der Waals surface area contributed by atoms with Crippen LogP contribution in [0.25, 0.3) is 11.4 Å². The summed E-state index contributed by atoms with van der Waals surface area (Å²) in [6.45, 7) is -0.237. The summed E-state index contributed by atoms with van der Waals surface area (Å²) in [5.41, 5.74) is -0.242. The molecular weight excluding hydrogens is 529 g/mol. The molecule has 2 aromatic carbocycles. The number of rotatable bonds is 9. The smallest absolute Gasteiger partial charge is 0.416 e. The molecule has 212 valence electrons. The summed E-state index contributed by atoms with van der Waals surface area (Å²) in [7, 11) is 2.95. The number of methoxy groups -OCH3 is 1. The van der Waals surface area contributed by atoms with Gasteiger partial charge in [-0.25, -0.2) is 4.79 Å². The fourth-order valence-electron chi connectivity index (χ4n) is 4.58. The molecular formula is C27H29F3N6O4. The van der Waals surface area contributed by atoms with Crippen molar-refractivity contribution in [1.29, 1.82) is 0 Å². The summed E-state index contributed by atoms with van der Waals surface area (Å²) in [6, 6.07) is 9.91. The minimum absolute atomic E-state index is 0.0307. The van der Waals surface area contributed by atoms with Crippen molar-refractivity contribution in [1.82, 2.24) is 20.3 Å². The lowest BCUT2D eigenvalue weighted by Crippen LogP contribution is -2.36. The number of ether oxygens (including phenoxy) is 1. The van der Waals surface area contributed by atoms with Gasteiger partial charge in [0.2, 0.25) is 17.8 Å². The zero-order chi connectivity index (χ0) is 28.9. The second kappa shape index (κ2) is 12.2. The van der Waals surface area contributed by atoms with Gasteiger partial charge in [0.05, 0.1) is 18.2 Å². The summed E-state index contributed by atoms with van der Waals surface area (Å²) in [6.07, 6.45) is -2.25. The highest BCUT2D eigenvalue weighted by Gasteiger charge is 2.34. The second-order valence-corrected chi connectivity index (χ2v) is 9.37. The van der Waals surface area contributed by atoms with Gasteiger partial charge in [-0.15, -0.1) is 0 Å². The molecule has 1 aliphatic rings. The van der Waals surface area contributed by atoms with E-state index in [1.54, 1.807) is 19.2 Å². The van der Waals surface area contributed by atoms with E-state index in [2.05, 4.69) is 30.9 Å². The second-order valence-electron chi connectivity index (χ2n) is 9.37. The molecule has 0 spiro atoms. The van der Waals surface area contributed by atoms with Crippen molar-refractivity contribution in [3.8, 4) is 17.1 Å². The summed E-state index contributed by atoms with van der Waals surface area (Å²) in [4.78, 5) is 37.2. The largest absolute Gasteiger partial charge is 0.497 e. The maximum absolute atomic E-state index is 13.5. The van der Waals surface area contributed by atoms with Gasteiger partial charge in [-0.1, -0.05) is 18.2 Å². The highest BCUT2D eigenvalue weighted by atomic mass is 19.4. The summed E-state index contributed by atoms with van der Waals surface area (Å²) in [5, 5.41) is 18.1. The molecule has 1 heterocycles. The monoisotopic (exact) mass is 558 g/mol. The van der Waals surface area contributed by atoms with Gasteiger partial charge in [-0.2, -0.15) is 28.1 Å². The number of aromatic nitrogens is 3. The zero-order valence-electron chi connectivity index (χ0n) is 21.9. The Bertz CT molecular complexity index is 1380. The fraction of sp³-hybridized carbons (Fsp3) is 0.370. The first-order valence-corrected chi connectivity index (χ1v) is 12.6. The van der Waals surface area contributed by atoms with Gasteiger partial charge in [0.15, 0.2) is 5.82 Å². The van der Waals surface area contributed by atoms with Gasteiger partial charge in [0, 0.05) is 31.1 Å². The maximum atomic E-state index is 13.5. The number of anilines is 2. The molecule has 4 rings (SSSR count). The predicted octanol–water partition coefficient (Wildman–Crippen LogP) is 4.59. The molecule has 10 nitrogen and oxygen atoms in total.